The first kappa shape index (κ1) is 49.2. The Morgan fingerprint density at radius 1 is 0.461 bits per heavy atom. The molecule has 0 radical (unpaired) electrons. The minimum Gasteiger partial charge on any atom is -0.341 e. The maximum absolute atomic E-state index is 13.3. The van der Waals surface area contributed by atoms with Crippen LogP contribution in [-0.4, -0.2) is 37.2 Å². The Hall–Kier alpha value is -9.02. The van der Waals surface area contributed by atoms with Crippen LogP contribution in [-0.2, 0) is 46.9 Å². The van der Waals surface area contributed by atoms with E-state index in [9.17, 15) is 19.2 Å². The Morgan fingerprint density at radius 2 is 0.921 bits per heavy atom. The van der Waals surface area contributed by atoms with Gasteiger partial charge >= 0.3 is 0 Å². The van der Waals surface area contributed by atoms with Gasteiger partial charge in [0.25, 0.3) is 0 Å². The molecule has 0 saturated carbocycles. The van der Waals surface area contributed by atoms with Crippen molar-refractivity contribution in [1.82, 2.24) is 13.7 Å². The molecule has 10 nitrogen and oxygen atoms in total. The molecule has 0 bridgehead atoms. The fourth-order valence-electron chi connectivity index (χ4n) is 10.7. The number of aryl methyl sites for hydroxylation is 5. The highest BCUT2D eigenvalue weighted by atomic mass is 16.2. The average molecular weight is 1000 g/mol. The lowest BCUT2D eigenvalue weighted by Gasteiger charge is -2.17. The van der Waals surface area contributed by atoms with E-state index in [0.29, 0.717) is 11.3 Å². The van der Waals surface area contributed by atoms with Gasteiger partial charge in [0, 0.05) is 132 Å². The normalized spacial score (nSPS) is 11.9. The topological polar surface area (TPSA) is 119 Å². The summed E-state index contributed by atoms with van der Waals surface area (Å²) in [6.45, 7) is 10.2. The summed E-state index contributed by atoms with van der Waals surface area (Å²) in [5.74, 6) is -0.469. The number of amides is 3. The first-order chi connectivity index (χ1) is 36.9. The van der Waals surface area contributed by atoms with Crippen LogP contribution in [0.4, 0.5) is 17.1 Å². The minimum absolute atomic E-state index is 0.0403. The predicted octanol–water partition coefficient (Wildman–Crippen LogP) is 14.8. The number of carbonyl (C=O) groups excluding carboxylic acids is 4. The van der Waals surface area contributed by atoms with Gasteiger partial charge in [0.2, 0.25) is 17.7 Å². The summed E-state index contributed by atoms with van der Waals surface area (Å²) >= 11 is 0. The molecule has 0 fully saturated rings. The molecule has 11 rings (SSSR count). The molecule has 0 unspecified atom stereocenters. The third kappa shape index (κ3) is 10.0. The lowest BCUT2D eigenvalue weighted by atomic mass is 9.95. The highest BCUT2D eigenvalue weighted by Gasteiger charge is 2.22. The Bertz CT molecular complexity index is 4080. The van der Waals surface area contributed by atoms with Crippen LogP contribution in [0, 0.1) is 5.41 Å². The number of hydrogen-bond acceptors (Lipinski definition) is 4. The second-order valence-electron chi connectivity index (χ2n) is 20.7. The SMILES string of the molecule is CCn1c2ccc(CCn3c4ccc(CCn5c6ccccc6c6cc(NC(=O)/C=C/c7ccccc7)ccc65)cc4c4cc(NC(=O)C(C)(C)C)ccc43)cc2c2cc(NC(=O)CCC(=O)c3ccccc3)ccc21. The number of Topliss-reactive ketones (excluding diaryl/α,β-unsaturated/α-hetero) is 1. The third-order valence-corrected chi connectivity index (χ3v) is 14.6. The summed E-state index contributed by atoms with van der Waals surface area (Å²) in [7, 11) is 0. The van der Waals surface area contributed by atoms with E-state index >= 15 is 0 Å². The maximum Gasteiger partial charge on any atom is 0.248 e. The van der Waals surface area contributed by atoms with Crippen molar-refractivity contribution in [3.8, 4) is 0 Å². The summed E-state index contributed by atoms with van der Waals surface area (Å²) in [5.41, 5.74) is 12.3. The Labute approximate surface area is 441 Å². The summed E-state index contributed by atoms with van der Waals surface area (Å²) in [6.07, 6.45) is 5.18. The molecule has 0 saturated heterocycles. The van der Waals surface area contributed by atoms with Gasteiger partial charge in [-0.3, -0.25) is 19.2 Å². The van der Waals surface area contributed by atoms with Gasteiger partial charge in [0.05, 0.1) is 0 Å². The van der Waals surface area contributed by atoms with Crippen molar-refractivity contribution in [3.05, 3.63) is 204 Å². The van der Waals surface area contributed by atoms with Crippen LogP contribution in [0.1, 0.15) is 67.6 Å². The van der Waals surface area contributed by atoms with Crippen molar-refractivity contribution in [3.63, 3.8) is 0 Å². The molecule has 3 N–H and O–H groups in total. The number of nitrogens with zero attached hydrogens (tertiary/aromatic N) is 3. The second kappa shape index (κ2) is 20.7. The molecule has 10 heteroatoms. The molecule has 0 atom stereocenters. The third-order valence-electron chi connectivity index (χ3n) is 14.6. The minimum atomic E-state index is -0.553. The van der Waals surface area contributed by atoms with Crippen molar-refractivity contribution < 1.29 is 19.2 Å². The number of para-hydroxylation sites is 1. The summed E-state index contributed by atoms with van der Waals surface area (Å²) in [5, 5.41) is 15.9. The van der Waals surface area contributed by atoms with Crippen LogP contribution in [0.3, 0.4) is 0 Å². The fraction of sp³-hybridized carbons (Fsp3) is 0.182. The first-order valence-electron chi connectivity index (χ1n) is 26.2. The van der Waals surface area contributed by atoms with E-state index in [-0.39, 0.29) is 36.3 Å². The molecule has 3 aromatic heterocycles. The summed E-state index contributed by atoms with van der Waals surface area (Å²) in [6, 6.07) is 59.3. The van der Waals surface area contributed by atoms with Crippen molar-refractivity contribution in [2.24, 2.45) is 5.41 Å². The molecular weight excluding hydrogens is 941 g/mol. The van der Waals surface area contributed by atoms with Crippen LogP contribution < -0.4 is 16.0 Å². The van der Waals surface area contributed by atoms with E-state index in [2.05, 4.69) is 134 Å². The van der Waals surface area contributed by atoms with Gasteiger partial charge < -0.3 is 29.7 Å². The average Bonchev–Trinajstić information content (AvgIpc) is 4.04. The summed E-state index contributed by atoms with van der Waals surface area (Å²) < 4.78 is 7.09. The molecule has 0 spiro atoms. The molecule has 0 aliphatic carbocycles. The Kier molecular flexibility index (Phi) is 13.4. The number of nitrogens with one attached hydrogen (secondary N) is 3. The van der Waals surface area contributed by atoms with Gasteiger partial charge in [-0.05, 0) is 127 Å². The van der Waals surface area contributed by atoms with E-state index < -0.39 is 5.41 Å². The van der Waals surface area contributed by atoms with Crippen LogP contribution in [0.5, 0.6) is 0 Å². The van der Waals surface area contributed by atoms with Gasteiger partial charge in [-0.1, -0.05) is 112 Å². The molecule has 0 aliphatic rings. The number of rotatable bonds is 16. The quantitative estimate of drug-likeness (QED) is 0.0660. The molecule has 0 aliphatic heterocycles. The van der Waals surface area contributed by atoms with E-state index in [4.69, 9.17) is 0 Å². The zero-order chi connectivity index (χ0) is 52.5. The Balaban J connectivity index is 0.868. The molecule has 8 aromatic carbocycles. The van der Waals surface area contributed by atoms with Crippen molar-refractivity contribution in [1.29, 1.82) is 0 Å². The second-order valence-corrected chi connectivity index (χ2v) is 20.7. The zero-order valence-electron chi connectivity index (χ0n) is 43.3. The molecule has 76 heavy (non-hydrogen) atoms. The van der Waals surface area contributed by atoms with Crippen LogP contribution >= 0.6 is 0 Å². The van der Waals surface area contributed by atoms with Gasteiger partial charge in [0.15, 0.2) is 5.78 Å². The van der Waals surface area contributed by atoms with Crippen LogP contribution in [0.2, 0.25) is 0 Å². The summed E-state index contributed by atoms with van der Waals surface area (Å²) in [4.78, 5) is 52.1. The van der Waals surface area contributed by atoms with Crippen molar-refractivity contribution in [2.45, 2.75) is 73.0 Å². The predicted molar refractivity (Wildman–Crippen MR) is 312 cm³/mol. The van der Waals surface area contributed by atoms with E-state index in [1.807, 2.05) is 93.6 Å². The molecule has 11 aromatic rings. The number of aromatic nitrogens is 3. The van der Waals surface area contributed by atoms with Gasteiger partial charge in [0.1, 0.15) is 0 Å². The highest BCUT2D eigenvalue weighted by molar-refractivity contribution is 6.13. The molecule has 3 heterocycles. The highest BCUT2D eigenvalue weighted by Crippen LogP contribution is 2.36. The number of ketones is 1. The van der Waals surface area contributed by atoms with E-state index in [1.54, 1.807) is 18.2 Å². The molecule has 3 amide bonds. The van der Waals surface area contributed by atoms with Crippen molar-refractivity contribution in [2.75, 3.05) is 16.0 Å². The number of anilines is 3. The standard InChI is InChI=1S/C66H60N6O4/c1-5-70-57-26-20-44(38-51(57)54-41-48(23-28-58(54)70)68-64(75)33-31-62(73)46-16-10-7-11-17-46)35-37-72-59-27-21-45(39-52(59)55-42-49(25-30-61(55)72)69-65(76)66(2,3)4)34-36-71-56-19-13-12-18-50(56)53-40-47(24-29-60(53)71)67-63(74)32-22-43-14-8-6-9-15-43/h6-30,32,38-42H,5,31,33-37H2,1-4H3,(H,67,74)(H,68,75)(H,69,76)/b32-22+. The number of hydrogen-bond donors (Lipinski definition) is 3. The fourth-order valence-corrected chi connectivity index (χ4v) is 10.7. The zero-order valence-corrected chi connectivity index (χ0v) is 43.3. The van der Waals surface area contributed by atoms with Gasteiger partial charge in [-0.25, -0.2) is 0 Å². The van der Waals surface area contributed by atoms with Crippen LogP contribution in [0.25, 0.3) is 71.5 Å². The lowest BCUT2D eigenvalue weighted by Crippen LogP contribution is -2.27. The Morgan fingerprint density at radius 3 is 1.49 bits per heavy atom. The maximum atomic E-state index is 13.3. The van der Waals surface area contributed by atoms with Gasteiger partial charge in [-0.15, -0.1) is 0 Å². The van der Waals surface area contributed by atoms with Crippen molar-refractivity contribution >= 4 is 112 Å². The van der Waals surface area contributed by atoms with E-state index in [0.717, 1.165) is 115 Å². The van der Waals surface area contributed by atoms with E-state index in [1.165, 1.54) is 11.1 Å². The smallest absolute Gasteiger partial charge is 0.248 e. The molecular formula is C66H60N6O4. The monoisotopic (exact) mass is 1000 g/mol. The van der Waals surface area contributed by atoms with Gasteiger partial charge in [-0.2, -0.15) is 0 Å². The van der Waals surface area contributed by atoms with Crippen LogP contribution in [0.15, 0.2) is 182 Å². The first-order valence-corrected chi connectivity index (χ1v) is 26.2. The molecule has 378 valence electrons. The lowest BCUT2D eigenvalue weighted by molar-refractivity contribution is -0.123. The largest absolute Gasteiger partial charge is 0.341 e. The number of carbonyl (C=O) groups is 4. The number of benzene rings is 8. The number of fused-ring (bicyclic) bond motifs is 9.